The third-order valence-electron chi connectivity index (χ3n) is 4.15. The maximum Gasteiger partial charge on any atom is 0.320 e. The van der Waals surface area contributed by atoms with Crippen LogP contribution in [0.1, 0.15) is 46.5 Å². The van der Waals surface area contributed by atoms with Crippen LogP contribution < -0.4 is 0 Å². The smallest absolute Gasteiger partial charge is 0.320 e. The molecule has 0 aromatic heterocycles. The fourth-order valence-electron chi connectivity index (χ4n) is 2.44. The Balaban J connectivity index is 2.23. The maximum atomic E-state index is 11.8. The minimum atomic E-state index is -0.822. The van der Waals surface area contributed by atoms with Crippen LogP contribution in [0, 0.1) is 11.3 Å². The molecule has 1 aliphatic rings. The van der Waals surface area contributed by atoms with Crippen molar-refractivity contribution < 1.29 is 28.5 Å². The Morgan fingerprint density at radius 3 is 2.09 bits per heavy atom. The normalized spacial score (nSPS) is 16.0. The Labute approximate surface area is 138 Å². The largest absolute Gasteiger partial charge is 0.465 e. The van der Waals surface area contributed by atoms with E-state index in [0.717, 1.165) is 32.5 Å². The quantitative estimate of drug-likeness (QED) is 0.311. The van der Waals surface area contributed by atoms with Crippen LogP contribution in [0.25, 0.3) is 0 Å². The Bertz CT molecular complexity index is 341. The predicted octanol–water partition coefficient (Wildman–Crippen LogP) is 2.34. The second kappa shape index (κ2) is 10.6. The number of ether oxygens (including phenoxy) is 4. The molecule has 0 saturated carbocycles. The Morgan fingerprint density at radius 1 is 1.04 bits per heavy atom. The van der Waals surface area contributed by atoms with E-state index in [0.29, 0.717) is 19.6 Å². The summed E-state index contributed by atoms with van der Waals surface area (Å²) in [6.07, 6.45) is 3.01. The summed E-state index contributed by atoms with van der Waals surface area (Å²) in [6, 6.07) is 0. The van der Waals surface area contributed by atoms with Gasteiger partial charge >= 0.3 is 11.9 Å². The average Bonchev–Trinajstić information content (AvgIpc) is 2.49. The van der Waals surface area contributed by atoms with Crippen LogP contribution in [0.2, 0.25) is 0 Å². The first-order valence-electron chi connectivity index (χ1n) is 8.57. The lowest BCUT2D eigenvalue weighted by Crippen LogP contribution is -2.45. The van der Waals surface area contributed by atoms with Crippen LogP contribution in [0.15, 0.2) is 0 Å². The van der Waals surface area contributed by atoms with Gasteiger partial charge in [-0.05, 0) is 39.5 Å². The Kier molecular flexibility index (Phi) is 9.17. The van der Waals surface area contributed by atoms with Crippen LogP contribution in [-0.4, -0.2) is 51.6 Å². The lowest BCUT2D eigenvalue weighted by Gasteiger charge is -2.40. The molecule has 1 heterocycles. The minimum Gasteiger partial charge on any atom is -0.465 e. The second-order valence-electron chi connectivity index (χ2n) is 5.95. The molecule has 6 heteroatoms. The molecule has 0 bridgehead atoms. The highest BCUT2D eigenvalue weighted by Crippen LogP contribution is 2.31. The summed E-state index contributed by atoms with van der Waals surface area (Å²) in [6.45, 7) is 9.01. The van der Waals surface area contributed by atoms with Gasteiger partial charge in [0.2, 0.25) is 0 Å². The van der Waals surface area contributed by atoms with Gasteiger partial charge in [-0.2, -0.15) is 0 Å². The van der Waals surface area contributed by atoms with E-state index in [4.69, 9.17) is 18.9 Å². The van der Waals surface area contributed by atoms with Crippen LogP contribution in [0.5, 0.6) is 0 Å². The summed E-state index contributed by atoms with van der Waals surface area (Å²) in [7, 11) is 0. The van der Waals surface area contributed by atoms with Gasteiger partial charge in [0.1, 0.15) is 0 Å². The van der Waals surface area contributed by atoms with E-state index in [9.17, 15) is 9.59 Å². The molecule has 0 aromatic rings. The van der Waals surface area contributed by atoms with Gasteiger partial charge in [0, 0.05) is 12.0 Å². The van der Waals surface area contributed by atoms with Crippen molar-refractivity contribution in [2.75, 3.05) is 39.6 Å². The fourth-order valence-corrected chi connectivity index (χ4v) is 2.44. The van der Waals surface area contributed by atoms with Gasteiger partial charge in [0.15, 0.2) is 5.92 Å². The molecule has 23 heavy (non-hydrogen) atoms. The third kappa shape index (κ3) is 6.47. The molecule has 0 radical (unpaired) electrons. The molecule has 0 aliphatic carbocycles. The number of esters is 2. The van der Waals surface area contributed by atoms with Crippen molar-refractivity contribution >= 4 is 11.9 Å². The minimum absolute atomic E-state index is 0.193. The first kappa shape index (κ1) is 19.9. The monoisotopic (exact) mass is 330 g/mol. The lowest BCUT2D eigenvalue weighted by atomic mass is 9.84. The van der Waals surface area contributed by atoms with E-state index in [2.05, 4.69) is 6.92 Å². The van der Waals surface area contributed by atoms with Gasteiger partial charge in [-0.3, -0.25) is 9.59 Å². The van der Waals surface area contributed by atoms with Crippen LogP contribution in [0.4, 0.5) is 0 Å². The average molecular weight is 330 g/mol. The number of hydrogen-bond donors (Lipinski definition) is 0. The SMILES string of the molecule is CCOC(=O)C(CCCCOCC1(CC)COC1)C(=O)OCC. The lowest BCUT2D eigenvalue weighted by molar-refractivity contribution is -0.162. The standard InChI is InChI=1S/C17H30O6/c1-4-17(12-21-13-17)11-20-10-8-7-9-14(15(18)22-5-2)16(19)23-6-3/h14H,4-13H2,1-3H3. The zero-order valence-corrected chi connectivity index (χ0v) is 14.6. The molecule has 0 N–H and O–H groups in total. The molecule has 0 amide bonds. The van der Waals surface area contributed by atoms with Crippen molar-refractivity contribution in [2.24, 2.45) is 11.3 Å². The van der Waals surface area contributed by atoms with E-state index in [1.807, 2.05) is 0 Å². The first-order valence-corrected chi connectivity index (χ1v) is 8.57. The van der Waals surface area contributed by atoms with Gasteiger partial charge in [0.25, 0.3) is 0 Å². The zero-order valence-electron chi connectivity index (χ0n) is 14.6. The maximum absolute atomic E-state index is 11.8. The molecule has 0 unspecified atom stereocenters. The highest BCUT2D eigenvalue weighted by atomic mass is 16.6. The van der Waals surface area contributed by atoms with Gasteiger partial charge in [-0.1, -0.05) is 6.92 Å². The fraction of sp³-hybridized carbons (Fsp3) is 0.882. The number of carbonyl (C=O) groups is 2. The van der Waals surface area contributed by atoms with E-state index >= 15 is 0 Å². The molecule has 0 atom stereocenters. The van der Waals surface area contributed by atoms with E-state index in [-0.39, 0.29) is 18.6 Å². The summed E-state index contributed by atoms with van der Waals surface area (Å²) in [5.41, 5.74) is 0.193. The first-order chi connectivity index (χ1) is 11.1. The highest BCUT2D eigenvalue weighted by molar-refractivity contribution is 5.94. The molecule has 1 fully saturated rings. The molecule has 6 nitrogen and oxygen atoms in total. The molecule has 0 aromatic carbocycles. The summed E-state index contributed by atoms with van der Waals surface area (Å²) in [5, 5.41) is 0. The van der Waals surface area contributed by atoms with Crippen molar-refractivity contribution in [1.82, 2.24) is 0 Å². The molecule has 1 aliphatic heterocycles. The van der Waals surface area contributed by atoms with Crippen molar-refractivity contribution in [3.8, 4) is 0 Å². The molecular weight excluding hydrogens is 300 g/mol. The number of hydrogen-bond acceptors (Lipinski definition) is 6. The molecule has 134 valence electrons. The molecule has 1 saturated heterocycles. The number of rotatable bonds is 12. The van der Waals surface area contributed by atoms with Crippen LogP contribution in [0.3, 0.4) is 0 Å². The summed E-state index contributed by atoms with van der Waals surface area (Å²) in [4.78, 5) is 23.7. The summed E-state index contributed by atoms with van der Waals surface area (Å²) < 4.78 is 20.9. The van der Waals surface area contributed by atoms with Gasteiger partial charge in [0.05, 0.1) is 33.0 Å². The summed E-state index contributed by atoms with van der Waals surface area (Å²) in [5.74, 6) is -1.82. The van der Waals surface area contributed by atoms with Gasteiger partial charge < -0.3 is 18.9 Å². The van der Waals surface area contributed by atoms with Crippen molar-refractivity contribution in [3.63, 3.8) is 0 Å². The van der Waals surface area contributed by atoms with Crippen molar-refractivity contribution in [2.45, 2.75) is 46.5 Å². The van der Waals surface area contributed by atoms with E-state index in [1.165, 1.54) is 0 Å². The van der Waals surface area contributed by atoms with Gasteiger partial charge in [-0.25, -0.2) is 0 Å². The third-order valence-corrected chi connectivity index (χ3v) is 4.15. The molecule has 1 rings (SSSR count). The second-order valence-corrected chi connectivity index (χ2v) is 5.95. The van der Waals surface area contributed by atoms with Crippen LogP contribution in [-0.2, 0) is 28.5 Å². The molecule has 0 spiro atoms. The Morgan fingerprint density at radius 2 is 1.65 bits per heavy atom. The Hall–Kier alpha value is -1.14. The number of unbranched alkanes of at least 4 members (excludes halogenated alkanes) is 1. The zero-order chi connectivity index (χ0) is 17.1. The van der Waals surface area contributed by atoms with E-state index in [1.54, 1.807) is 13.8 Å². The molecular formula is C17H30O6. The summed E-state index contributed by atoms with van der Waals surface area (Å²) >= 11 is 0. The van der Waals surface area contributed by atoms with Crippen molar-refractivity contribution in [3.05, 3.63) is 0 Å². The van der Waals surface area contributed by atoms with Crippen LogP contribution >= 0.6 is 0 Å². The predicted molar refractivity (Wildman–Crippen MR) is 85.0 cm³/mol. The number of carbonyl (C=O) groups excluding carboxylic acids is 2. The van der Waals surface area contributed by atoms with Crippen molar-refractivity contribution in [1.29, 1.82) is 0 Å². The van der Waals surface area contributed by atoms with Gasteiger partial charge in [-0.15, -0.1) is 0 Å². The topological polar surface area (TPSA) is 71.1 Å². The highest BCUT2D eigenvalue weighted by Gasteiger charge is 2.36. The van der Waals surface area contributed by atoms with E-state index < -0.39 is 17.9 Å².